The van der Waals surface area contributed by atoms with Gasteiger partial charge in [-0.15, -0.1) is 0 Å². The maximum atomic E-state index is 12.2. The van der Waals surface area contributed by atoms with Gasteiger partial charge in [-0.2, -0.15) is 0 Å². The van der Waals surface area contributed by atoms with Crippen LogP contribution in [0.25, 0.3) is 11.0 Å². The average Bonchev–Trinajstić information content (AvgIpc) is 3.44. The van der Waals surface area contributed by atoms with Gasteiger partial charge in [0.1, 0.15) is 5.58 Å². The minimum absolute atomic E-state index is 0.400. The number of nitrogens with two attached hydrogens (primary N) is 1. The molecule has 0 spiro atoms. The molecule has 0 bridgehead atoms. The van der Waals surface area contributed by atoms with Crippen molar-refractivity contribution in [3.05, 3.63) is 36.1 Å². The number of rotatable bonds is 7. The molecule has 178 valence electrons. The molecule has 2 saturated carbocycles. The predicted molar refractivity (Wildman–Crippen MR) is 123 cm³/mol. The second-order valence-corrected chi connectivity index (χ2v) is 10.3. The fourth-order valence-corrected chi connectivity index (χ4v) is 5.57. The first-order valence-corrected chi connectivity index (χ1v) is 12.3. The molecule has 33 heavy (non-hydrogen) atoms. The number of hydrogen-bond acceptors (Lipinski definition) is 6. The fraction of sp³-hybridized carbons (Fsp3) is 0.615. The molecule has 1 saturated heterocycles. The van der Waals surface area contributed by atoms with Gasteiger partial charge in [-0.1, -0.05) is 18.2 Å². The van der Waals surface area contributed by atoms with Crippen molar-refractivity contribution in [2.75, 3.05) is 19.6 Å². The molecule has 1 aromatic heterocycles. The highest BCUT2D eigenvalue weighted by Gasteiger charge is 2.54. The number of benzene rings is 1. The Labute approximate surface area is 194 Å². The van der Waals surface area contributed by atoms with E-state index in [4.69, 9.17) is 14.9 Å². The van der Waals surface area contributed by atoms with Crippen LogP contribution in [-0.4, -0.2) is 52.7 Å². The van der Waals surface area contributed by atoms with Gasteiger partial charge >= 0.3 is 5.97 Å². The third-order valence-corrected chi connectivity index (χ3v) is 8.15. The normalized spacial score (nSPS) is 28.0. The molecule has 0 radical (unpaired) electrons. The Bertz CT molecular complexity index is 1010. The number of esters is 1. The van der Waals surface area contributed by atoms with E-state index in [0.717, 1.165) is 57.3 Å². The van der Waals surface area contributed by atoms with Crippen molar-refractivity contribution in [1.82, 2.24) is 4.90 Å². The summed E-state index contributed by atoms with van der Waals surface area (Å²) in [6.07, 6.45) is 8.61. The first-order valence-electron chi connectivity index (χ1n) is 12.3. The summed E-state index contributed by atoms with van der Waals surface area (Å²) in [5, 5.41) is 11.2. The van der Waals surface area contributed by atoms with Gasteiger partial charge in [-0.25, -0.2) is 4.79 Å². The molecule has 5 rings (SSSR count). The van der Waals surface area contributed by atoms with E-state index in [-0.39, 0.29) is 0 Å². The quantitative estimate of drug-likeness (QED) is 0.621. The SMILES string of the molecule is NC(=O)C1(OC(=O)C2(O)CC2)CCC(CCN2CCC(c3coc4ccccc34)CC2)CC1. The third kappa shape index (κ3) is 4.53. The number of para-hydroxylation sites is 1. The van der Waals surface area contributed by atoms with Crippen LogP contribution in [0.2, 0.25) is 0 Å². The lowest BCUT2D eigenvalue weighted by atomic mass is 9.76. The highest BCUT2D eigenvalue weighted by atomic mass is 16.6. The summed E-state index contributed by atoms with van der Waals surface area (Å²) in [7, 11) is 0. The van der Waals surface area contributed by atoms with Gasteiger partial charge in [0.05, 0.1) is 6.26 Å². The number of furan rings is 1. The molecule has 1 aliphatic heterocycles. The van der Waals surface area contributed by atoms with Crippen LogP contribution in [0.4, 0.5) is 0 Å². The minimum atomic E-state index is -1.39. The zero-order chi connectivity index (χ0) is 23.1. The predicted octanol–water partition coefficient (Wildman–Crippen LogP) is 3.48. The standard InChI is InChI=1S/C26H34N2O5/c27-23(29)26(33-24(30)25(31)12-13-25)10-5-18(6-11-26)7-14-28-15-8-19(9-16-28)21-17-32-22-4-2-1-3-20(21)22/h1-4,17-19,31H,5-16H2,(H2,27,29). The maximum Gasteiger partial charge on any atom is 0.339 e. The molecule has 7 heteroatoms. The van der Waals surface area contributed by atoms with E-state index in [1.807, 2.05) is 18.4 Å². The van der Waals surface area contributed by atoms with Crippen LogP contribution in [0.5, 0.6) is 0 Å². The molecular weight excluding hydrogens is 420 g/mol. The van der Waals surface area contributed by atoms with Gasteiger partial charge in [-0.3, -0.25) is 4.79 Å². The monoisotopic (exact) mass is 454 g/mol. The van der Waals surface area contributed by atoms with Gasteiger partial charge in [0, 0.05) is 10.9 Å². The number of ether oxygens (including phenoxy) is 1. The topological polar surface area (TPSA) is 106 Å². The van der Waals surface area contributed by atoms with Crippen LogP contribution in [0.1, 0.15) is 69.3 Å². The summed E-state index contributed by atoms with van der Waals surface area (Å²) in [5.74, 6) is -0.233. The summed E-state index contributed by atoms with van der Waals surface area (Å²) >= 11 is 0. The van der Waals surface area contributed by atoms with Crippen LogP contribution in [-0.2, 0) is 14.3 Å². The van der Waals surface area contributed by atoms with Gasteiger partial charge in [0.15, 0.2) is 11.2 Å². The lowest BCUT2D eigenvalue weighted by molar-refractivity contribution is -0.181. The second-order valence-electron chi connectivity index (χ2n) is 10.3. The van der Waals surface area contributed by atoms with Crippen molar-refractivity contribution < 1.29 is 23.8 Å². The molecule has 3 N–H and O–H groups in total. The number of piperidine rings is 1. The van der Waals surface area contributed by atoms with Gasteiger partial charge in [0.2, 0.25) is 0 Å². The molecule has 0 atom stereocenters. The zero-order valence-corrected chi connectivity index (χ0v) is 19.1. The van der Waals surface area contributed by atoms with Crippen molar-refractivity contribution in [1.29, 1.82) is 0 Å². The Balaban J connectivity index is 1.08. The number of aliphatic hydroxyl groups is 1. The highest BCUT2D eigenvalue weighted by Crippen LogP contribution is 2.42. The minimum Gasteiger partial charge on any atom is -0.464 e. The van der Waals surface area contributed by atoms with Crippen molar-refractivity contribution in [3.8, 4) is 0 Å². The molecule has 2 heterocycles. The van der Waals surface area contributed by atoms with E-state index in [1.54, 1.807) is 0 Å². The van der Waals surface area contributed by atoms with E-state index in [2.05, 4.69) is 17.0 Å². The fourth-order valence-electron chi connectivity index (χ4n) is 5.57. The third-order valence-electron chi connectivity index (χ3n) is 8.15. The molecule has 2 aliphatic carbocycles. The summed E-state index contributed by atoms with van der Waals surface area (Å²) in [6.45, 7) is 3.21. The Morgan fingerprint density at radius 2 is 1.79 bits per heavy atom. The van der Waals surface area contributed by atoms with E-state index in [0.29, 0.717) is 37.5 Å². The number of carbonyl (C=O) groups excluding carboxylic acids is 2. The molecule has 1 amide bonds. The summed E-state index contributed by atoms with van der Waals surface area (Å²) < 4.78 is 11.3. The van der Waals surface area contributed by atoms with Crippen LogP contribution in [0, 0.1) is 5.92 Å². The van der Waals surface area contributed by atoms with Crippen LogP contribution in [0.3, 0.4) is 0 Å². The molecular formula is C26H34N2O5. The molecule has 0 unspecified atom stereocenters. The second kappa shape index (κ2) is 8.76. The highest BCUT2D eigenvalue weighted by molar-refractivity contribution is 5.90. The van der Waals surface area contributed by atoms with E-state index >= 15 is 0 Å². The molecule has 3 fully saturated rings. The molecule has 2 aromatic rings. The average molecular weight is 455 g/mol. The first kappa shape index (κ1) is 22.4. The Morgan fingerprint density at radius 3 is 2.45 bits per heavy atom. The number of carbonyl (C=O) groups is 2. The maximum absolute atomic E-state index is 12.2. The number of likely N-dealkylation sites (tertiary alicyclic amines) is 1. The molecule has 7 nitrogen and oxygen atoms in total. The Morgan fingerprint density at radius 1 is 1.09 bits per heavy atom. The summed E-state index contributed by atoms with van der Waals surface area (Å²) in [5.41, 5.74) is 5.29. The van der Waals surface area contributed by atoms with Crippen molar-refractivity contribution in [2.24, 2.45) is 11.7 Å². The molecule has 1 aromatic carbocycles. The van der Waals surface area contributed by atoms with Crippen molar-refractivity contribution in [3.63, 3.8) is 0 Å². The Hall–Kier alpha value is -2.38. The van der Waals surface area contributed by atoms with Crippen LogP contribution in [0.15, 0.2) is 34.9 Å². The lowest BCUT2D eigenvalue weighted by Gasteiger charge is -2.38. The zero-order valence-electron chi connectivity index (χ0n) is 19.1. The summed E-state index contributed by atoms with van der Waals surface area (Å²) in [6, 6.07) is 8.26. The lowest BCUT2D eigenvalue weighted by Crippen LogP contribution is -2.51. The number of fused-ring (bicyclic) bond motifs is 1. The van der Waals surface area contributed by atoms with Gasteiger partial charge in [0.25, 0.3) is 5.91 Å². The van der Waals surface area contributed by atoms with Gasteiger partial charge < -0.3 is 24.9 Å². The van der Waals surface area contributed by atoms with E-state index in [9.17, 15) is 14.7 Å². The smallest absolute Gasteiger partial charge is 0.339 e. The Kier molecular flexibility index (Phi) is 5.95. The number of primary amides is 1. The largest absolute Gasteiger partial charge is 0.464 e. The van der Waals surface area contributed by atoms with Gasteiger partial charge in [-0.05, 0) is 95.3 Å². The number of nitrogens with zero attached hydrogens (tertiary/aromatic N) is 1. The number of amides is 1. The van der Waals surface area contributed by atoms with E-state index < -0.39 is 23.1 Å². The van der Waals surface area contributed by atoms with Crippen LogP contribution < -0.4 is 5.73 Å². The molecule has 3 aliphatic rings. The van der Waals surface area contributed by atoms with Crippen molar-refractivity contribution in [2.45, 2.75) is 74.9 Å². The number of hydrogen-bond donors (Lipinski definition) is 2. The van der Waals surface area contributed by atoms with E-state index in [1.165, 1.54) is 10.9 Å². The van der Waals surface area contributed by atoms with Crippen molar-refractivity contribution >= 4 is 22.8 Å². The first-order chi connectivity index (χ1) is 15.9. The van der Waals surface area contributed by atoms with Crippen LogP contribution >= 0.6 is 0 Å². The summed E-state index contributed by atoms with van der Waals surface area (Å²) in [4.78, 5) is 26.9.